The summed E-state index contributed by atoms with van der Waals surface area (Å²) in [5.74, 6) is -1.07. The molecule has 1 aliphatic rings. The van der Waals surface area contributed by atoms with Gasteiger partial charge in [0.1, 0.15) is 4.32 Å². The molecule has 0 aliphatic carbocycles. The second kappa shape index (κ2) is 9.38. The summed E-state index contributed by atoms with van der Waals surface area (Å²) in [6, 6.07) is 7.87. The average molecular weight is 512 g/mol. The van der Waals surface area contributed by atoms with E-state index in [2.05, 4.69) is 15.9 Å². The van der Waals surface area contributed by atoms with Crippen molar-refractivity contribution >= 4 is 78.7 Å². The number of carboxylic acids is 1. The van der Waals surface area contributed by atoms with Crippen LogP contribution in [0.5, 0.6) is 0 Å². The number of aromatic nitrogens is 1. The van der Waals surface area contributed by atoms with Gasteiger partial charge in [-0.25, -0.2) is 4.98 Å². The van der Waals surface area contributed by atoms with E-state index in [0.717, 1.165) is 25.7 Å². The number of anilines is 1. The minimum absolute atomic E-state index is 0.00482. The van der Waals surface area contributed by atoms with E-state index >= 15 is 0 Å². The van der Waals surface area contributed by atoms with Gasteiger partial charge in [-0.1, -0.05) is 63.4 Å². The maximum atomic E-state index is 12.8. The zero-order valence-corrected chi connectivity index (χ0v) is 19.8. The Balaban J connectivity index is 1.91. The molecule has 3 rings (SSSR count). The Morgan fingerprint density at radius 3 is 2.66 bits per heavy atom. The molecule has 1 aliphatic heterocycles. The molecule has 0 spiro atoms. The van der Waals surface area contributed by atoms with Crippen LogP contribution in [0.4, 0.5) is 5.13 Å². The second-order valence-electron chi connectivity index (χ2n) is 6.44. The fourth-order valence-electron chi connectivity index (χ4n) is 2.62. The van der Waals surface area contributed by atoms with Crippen molar-refractivity contribution in [1.82, 2.24) is 9.88 Å². The Morgan fingerprint density at radius 1 is 1.34 bits per heavy atom. The number of hydrogen-bond donors (Lipinski definition) is 1. The van der Waals surface area contributed by atoms with Crippen LogP contribution < -0.4 is 4.90 Å². The molecule has 1 aromatic carbocycles. The number of thioether (sulfide) groups is 1. The summed E-state index contributed by atoms with van der Waals surface area (Å²) in [6.07, 6.45) is 2.20. The van der Waals surface area contributed by atoms with Gasteiger partial charge in [0, 0.05) is 37.1 Å². The van der Waals surface area contributed by atoms with E-state index in [-0.39, 0.29) is 12.3 Å². The molecule has 0 bridgehead atoms. The first-order valence-corrected chi connectivity index (χ1v) is 11.5. The zero-order valence-electron chi connectivity index (χ0n) is 15.7. The molecule has 152 valence electrons. The Morgan fingerprint density at radius 2 is 2.03 bits per heavy atom. The Labute approximate surface area is 190 Å². The SMILES string of the molecule is CN(C)c1nc(-c2ccc(Br)cc2)c(C=C2SC(=S)N(CCCC(=O)O)C2=O)s1. The Kier molecular flexibility index (Phi) is 7.10. The molecule has 1 fully saturated rings. The highest BCUT2D eigenvalue weighted by Crippen LogP contribution is 2.38. The highest BCUT2D eigenvalue weighted by Gasteiger charge is 2.32. The van der Waals surface area contributed by atoms with Crippen molar-refractivity contribution in [3.05, 3.63) is 38.5 Å². The van der Waals surface area contributed by atoms with E-state index in [1.165, 1.54) is 28.0 Å². The van der Waals surface area contributed by atoms with Gasteiger partial charge >= 0.3 is 5.97 Å². The zero-order chi connectivity index (χ0) is 21.1. The van der Waals surface area contributed by atoms with E-state index in [9.17, 15) is 9.59 Å². The predicted molar refractivity (Wildman–Crippen MR) is 126 cm³/mol. The van der Waals surface area contributed by atoms with Gasteiger partial charge < -0.3 is 10.0 Å². The number of benzene rings is 1. The molecule has 10 heteroatoms. The fraction of sp³-hybridized carbons (Fsp3) is 0.263. The number of thiazole rings is 1. The number of halogens is 1. The van der Waals surface area contributed by atoms with Crippen LogP contribution in [0.15, 0.2) is 33.6 Å². The van der Waals surface area contributed by atoms with Gasteiger partial charge in [0.15, 0.2) is 5.13 Å². The van der Waals surface area contributed by atoms with Crippen molar-refractivity contribution in [2.45, 2.75) is 12.8 Å². The van der Waals surface area contributed by atoms with Gasteiger partial charge in [0.2, 0.25) is 0 Å². The van der Waals surface area contributed by atoms with Crippen LogP contribution in [0.3, 0.4) is 0 Å². The van der Waals surface area contributed by atoms with Gasteiger partial charge in [-0.15, -0.1) is 0 Å². The summed E-state index contributed by atoms with van der Waals surface area (Å²) >= 11 is 11.5. The first-order valence-electron chi connectivity index (χ1n) is 8.67. The van der Waals surface area contributed by atoms with Gasteiger partial charge in [0.05, 0.1) is 15.5 Å². The fourth-order valence-corrected chi connectivity index (χ4v) is 5.21. The van der Waals surface area contributed by atoms with Gasteiger partial charge in [0.25, 0.3) is 5.91 Å². The number of nitrogens with zero attached hydrogens (tertiary/aromatic N) is 3. The second-order valence-corrected chi connectivity index (χ2v) is 10.0. The number of hydrogen-bond acceptors (Lipinski definition) is 7. The molecule has 0 saturated carbocycles. The maximum absolute atomic E-state index is 12.8. The minimum atomic E-state index is -0.883. The third kappa shape index (κ3) is 5.25. The lowest BCUT2D eigenvalue weighted by Crippen LogP contribution is -2.29. The van der Waals surface area contributed by atoms with Crippen molar-refractivity contribution in [3.63, 3.8) is 0 Å². The monoisotopic (exact) mass is 511 g/mol. The molecule has 1 aromatic heterocycles. The Hall–Kier alpha value is -1.75. The van der Waals surface area contributed by atoms with Crippen molar-refractivity contribution in [3.8, 4) is 11.3 Å². The summed E-state index contributed by atoms with van der Waals surface area (Å²) in [6.45, 7) is 0.305. The molecule has 2 aromatic rings. The lowest BCUT2D eigenvalue weighted by atomic mass is 10.1. The van der Waals surface area contributed by atoms with Crippen molar-refractivity contribution in [2.75, 3.05) is 25.5 Å². The van der Waals surface area contributed by atoms with Crippen LogP contribution in [0, 0.1) is 0 Å². The van der Waals surface area contributed by atoms with E-state index in [4.69, 9.17) is 22.3 Å². The first kappa shape index (κ1) is 21.9. The van der Waals surface area contributed by atoms with E-state index in [0.29, 0.717) is 22.2 Å². The van der Waals surface area contributed by atoms with Crippen molar-refractivity contribution in [2.24, 2.45) is 0 Å². The molecule has 1 saturated heterocycles. The number of carboxylic acid groups (broad SMARTS) is 1. The Bertz CT molecular complexity index is 986. The number of carbonyl (C=O) groups is 2. The van der Waals surface area contributed by atoms with Crippen LogP contribution in [-0.2, 0) is 9.59 Å². The van der Waals surface area contributed by atoms with Crippen LogP contribution in [-0.4, -0.2) is 51.8 Å². The summed E-state index contributed by atoms with van der Waals surface area (Å²) in [5.41, 5.74) is 1.77. The number of rotatable bonds is 7. The van der Waals surface area contributed by atoms with Crippen LogP contribution in [0.2, 0.25) is 0 Å². The van der Waals surface area contributed by atoms with E-state index in [1.807, 2.05) is 49.3 Å². The number of amides is 1. The molecule has 0 unspecified atom stereocenters. The summed E-state index contributed by atoms with van der Waals surface area (Å²) < 4.78 is 1.43. The molecule has 1 amide bonds. The van der Waals surface area contributed by atoms with Crippen LogP contribution >= 0.6 is 51.2 Å². The standard InChI is InChI=1S/C19H18BrN3O3S3/c1-22(2)18-21-16(11-5-7-12(20)8-6-11)13(28-18)10-14-17(26)23(19(27)29-14)9-3-4-15(24)25/h5-8,10H,3-4,9H2,1-2H3,(H,24,25). The third-order valence-electron chi connectivity index (χ3n) is 4.05. The van der Waals surface area contributed by atoms with Gasteiger partial charge in [-0.2, -0.15) is 0 Å². The summed E-state index contributed by atoms with van der Waals surface area (Å²) in [5, 5.41) is 9.64. The molecular weight excluding hydrogens is 494 g/mol. The highest BCUT2D eigenvalue weighted by atomic mass is 79.9. The molecule has 6 nitrogen and oxygen atoms in total. The molecule has 0 atom stereocenters. The van der Waals surface area contributed by atoms with Gasteiger partial charge in [-0.05, 0) is 24.6 Å². The van der Waals surface area contributed by atoms with Gasteiger partial charge in [-0.3, -0.25) is 14.5 Å². The topological polar surface area (TPSA) is 73.7 Å². The molecule has 2 heterocycles. The largest absolute Gasteiger partial charge is 0.481 e. The number of carbonyl (C=O) groups excluding carboxylic acids is 1. The highest BCUT2D eigenvalue weighted by molar-refractivity contribution is 9.10. The third-order valence-corrected chi connectivity index (χ3v) is 7.13. The lowest BCUT2D eigenvalue weighted by molar-refractivity contribution is -0.137. The summed E-state index contributed by atoms with van der Waals surface area (Å²) in [4.78, 5) is 33.1. The van der Waals surface area contributed by atoms with Crippen molar-refractivity contribution < 1.29 is 14.7 Å². The molecular formula is C19H18BrN3O3S3. The predicted octanol–water partition coefficient (Wildman–Crippen LogP) is 4.70. The van der Waals surface area contributed by atoms with Crippen molar-refractivity contribution in [1.29, 1.82) is 0 Å². The summed E-state index contributed by atoms with van der Waals surface area (Å²) in [7, 11) is 3.85. The van der Waals surface area contributed by atoms with E-state index in [1.54, 1.807) is 0 Å². The maximum Gasteiger partial charge on any atom is 0.303 e. The smallest absolute Gasteiger partial charge is 0.303 e. The normalized spacial score (nSPS) is 15.4. The number of thiocarbonyl (C=S) groups is 1. The van der Waals surface area contributed by atoms with E-state index < -0.39 is 5.97 Å². The molecule has 29 heavy (non-hydrogen) atoms. The average Bonchev–Trinajstić information content (AvgIpc) is 3.19. The van der Waals surface area contributed by atoms with Crippen LogP contribution in [0.1, 0.15) is 17.7 Å². The van der Waals surface area contributed by atoms with Crippen LogP contribution in [0.25, 0.3) is 17.3 Å². The molecule has 1 N–H and O–H groups in total. The molecule has 0 radical (unpaired) electrons. The quantitative estimate of drug-likeness (QED) is 0.426. The minimum Gasteiger partial charge on any atom is -0.481 e. The lowest BCUT2D eigenvalue weighted by Gasteiger charge is -2.13. The first-order chi connectivity index (χ1) is 13.8. The number of aliphatic carboxylic acids is 1.